The van der Waals surface area contributed by atoms with E-state index < -0.39 is 0 Å². The predicted octanol–water partition coefficient (Wildman–Crippen LogP) is 2.26. The summed E-state index contributed by atoms with van der Waals surface area (Å²) in [5.41, 5.74) is 1.73. The first kappa shape index (κ1) is 17.7. The van der Waals surface area contributed by atoms with E-state index in [1.165, 1.54) is 11.8 Å². The first-order valence-corrected chi connectivity index (χ1v) is 7.55. The molecule has 6 heteroatoms. The van der Waals surface area contributed by atoms with Crippen molar-refractivity contribution in [3.05, 3.63) is 28.2 Å². The van der Waals surface area contributed by atoms with Crippen LogP contribution in [0.4, 0.5) is 5.69 Å². The number of aryl methyl sites for hydroxylation is 1. The molecule has 0 saturated heterocycles. The zero-order chi connectivity index (χ0) is 15.8. The van der Waals surface area contributed by atoms with Crippen molar-refractivity contribution in [2.45, 2.75) is 20.3 Å². The van der Waals surface area contributed by atoms with Crippen molar-refractivity contribution in [3.63, 3.8) is 0 Å². The second-order valence-electron chi connectivity index (χ2n) is 4.73. The van der Waals surface area contributed by atoms with Crippen molar-refractivity contribution in [2.24, 2.45) is 0 Å². The summed E-state index contributed by atoms with van der Waals surface area (Å²) in [5, 5.41) is 2.78. The monoisotopic (exact) mass is 356 g/mol. The molecule has 0 aliphatic rings. The van der Waals surface area contributed by atoms with E-state index in [1.807, 2.05) is 25.1 Å². The summed E-state index contributed by atoms with van der Waals surface area (Å²) in [6.07, 6.45) is 0.750. The number of carbonyl (C=O) groups is 2. The van der Waals surface area contributed by atoms with Gasteiger partial charge in [0.25, 0.3) is 0 Å². The molecular weight excluding hydrogens is 336 g/mol. The van der Waals surface area contributed by atoms with Gasteiger partial charge in [-0.05, 0) is 37.1 Å². The van der Waals surface area contributed by atoms with Gasteiger partial charge < -0.3 is 15.0 Å². The summed E-state index contributed by atoms with van der Waals surface area (Å²) < 4.78 is 5.89. The molecule has 0 radical (unpaired) electrons. The second kappa shape index (κ2) is 8.79. The molecule has 2 amide bonds. The number of amides is 2. The van der Waals surface area contributed by atoms with Gasteiger partial charge in [0.05, 0.1) is 0 Å². The van der Waals surface area contributed by atoms with Crippen LogP contribution in [0.25, 0.3) is 0 Å². The molecule has 0 spiro atoms. The minimum Gasteiger partial charge on any atom is -0.385 e. The number of ether oxygens (including phenoxy) is 1. The lowest BCUT2D eigenvalue weighted by Gasteiger charge is -2.21. The third-order valence-corrected chi connectivity index (χ3v) is 3.87. The molecule has 0 bridgehead atoms. The van der Waals surface area contributed by atoms with Gasteiger partial charge in [0.15, 0.2) is 0 Å². The number of hydrogen-bond acceptors (Lipinski definition) is 3. The first-order valence-electron chi connectivity index (χ1n) is 6.75. The number of rotatable bonds is 7. The fourth-order valence-electron chi connectivity index (χ4n) is 1.83. The number of halogens is 1. The molecule has 1 aromatic rings. The highest BCUT2D eigenvalue weighted by Gasteiger charge is 2.16. The third-order valence-electron chi connectivity index (χ3n) is 2.98. The zero-order valence-corrected chi connectivity index (χ0v) is 14.2. The van der Waals surface area contributed by atoms with Crippen LogP contribution >= 0.6 is 15.9 Å². The average Bonchev–Trinajstić information content (AvgIpc) is 2.44. The molecule has 1 aromatic carbocycles. The van der Waals surface area contributed by atoms with Gasteiger partial charge in [0.1, 0.15) is 6.54 Å². The molecule has 0 unspecified atom stereocenters. The van der Waals surface area contributed by atoms with Crippen LogP contribution < -0.4 is 10.2 Å². The van der Waals surface area contributed by atoms with Gasteiger partial charge in [-0.25, -0.2) is 0 Å². The van der Waals surface area contributed by atoms with Crippen LogP contribution in [-0.4, -0.2) is 38.6 Å². The molecule has 1 rings (SSSR count). The highest BCUT2D eigenvalue weighted by Crippen LogP contribution is 2.23. The average molecular weight is 357 g/mol. The lowest BCUT2D eigenvalue weighted by molar-refractivity contribution is -0.123. The van der Waals surface area contributed by atoms with Crippen molar-refractivity contribution in [1.82, 2.24) is 5.32 Å². The van der Waals surface area contributed by atoms with Crippen LogP contribution in [0.2, 0.25) is 0 Å². The third kappa shape index (κ3) is 5.85. The van der Waals surface area contributed by atoms with E-state index >= 15 is 0 Å². The van der Waals surface area contributed by atoms with Gasteiger partial charge in [0, 0.05) is 37.3 Å². The first-order chi connectivity index (χ1) is 9.95. The van der Waals surface area contributed by atoms with Gasteiger partial charge in [-0.15, -0.1) is 0 Å². The Hall–Kier alpha value is -1.40. The number of nitrogens with zero attached hydrogens (tertiary/aromatic N) is 1. The Morgan fingerprint density at radius 2 is 2.10 bits per heavy atom. The fourth-order valence-corrected chi connectivity index (χ4v) is 2.07. The number of carbonyl (C=O) groups excluding carboxylic acids is 2. The van der Waals surface area contributed by atoms with Crippen molar-refractivity contribution < 1.29 is 14.3 Å². The summed E-state index contributed by atoms with van der Waals surface area (Å²) in [6, 6.07) is 5.57. The van der Waals surface area contributed by atoms with E-state index in [0.717, 1.165) is 22.1 Å². The molecule has 0 saturated carbocycles. The predicted molar refractivity (Wildman–Crippen MR) is 86.4 cm³/mol. The Balaban J connectivity index is 2.67. The maximum atomic E-state index is 11.9. The molecular formula is C15H21BrN2O3. The molecule has 1 N–H and O–H groups in total. The van der Waals surface area contributed by atoms with Gasteiger partial charge in [0.2, 0.25) is 11.8 Å². The summed E-state index contributed by atoms with van der Waals surface area (Å²) in [4.78, 5) is 25.1. The van der Waals surface area contributed by atoms with Crippen molar-refractivity contribution in [1.29, 1.82) is 0 Å². The maximum absolute atomic E-state index is 11.9. The van der Waals surface area contributed by atoms with Crippen molar-refractivity contribution in [3.8, 4) is 0 Å². The van der Waals surface area contributed by atoms with Gasteiger partial charge in [-0.2, -0.15) is 0 Å². The number of anilines is 1. The SMILES string of the molecule is COCCCNC(=O)CN(C(C)=O)c1ccc(Br)c(C)c1. The van der Waals surface area contributed by atoms with E-state index in [-0.39, 0.29) is 18.4 Å². The van der Waals surface area contributed by atoms with E-state index in [4.69, 9.17) is 4.74 Å². The quantitative estimate of drug-likeness (QED) is 0.762. The van der Waals surface area contributed by atoms with Crippen molar-refractivity contribution >= 4 is 33.4 Å². The second-order valence-corrected chi connectivity index (χ2v) is 5.59. The largest absolute Gasteiger partial charge is 0.385 e. The Bertz CT molecular complexity index is 506. The smallest absolute Gasteiger partial charge is 0.240 e. The van der Waals surface area contributed by atoms with E-state index in [2.05, 4.69) is 21.2 Å². The molecule has 0 aromatic heterocycles. The maximum Gasteiger partial charge on any atom is 0.240 e. The highest BCUT2D eigenvalue weighted by molar-refractivity contribution is 9.10. The van der Waals surface area contributed by atoms with Crippen LogP contribution in [-0.2, 0) is 14.3 Å². The Morgan fingerprint density at radius 3 is 2.67 bits per heavy atom. The zero-order valence-electron chi connectivity index (χ0n) is 12.6. The lowest BCUT2D eigenvalue weighted by atomic mass is 10.2. The summed E-state index contributed by atoms with van der Waals surface area (Å²) in [7, 11) is 1.62. The fraction of sp³-hybridized carbons (Fsp3) is 0.467. The minimum absolute atomic E-state index is 0.0172. The van der Waals surface area contributed by atoms with Crippen LogP contribution in [0.15, 0.2) is 22.7 Å². The van der Waals surface area contributed by atoms with Gasteiger partial charge >= 0.3 is 0 Å². The van der Waals surface area contributed by atoms with Gasteiger partial charge in [-0.3, -0.25) is 9.59 Å². The van der Waals surface area contributed by atoms with Crippen LogP contribution in [0.3, 0.4) is 0 Å². The normalized spacial score (nSPS) is 10.3. The summed E-state index contributed by atoms with van der Waals surface area (Å²) in [5.74, 6) is -0.342. The molecule has 0 heterocycles. The summed E-state index contributed by atoms with van der Waals surface area (Å²) in [6.45, 7) is 4.55. The Labute approximate surface area is 133 Å². The van der Waals surface area contributed by atoms with Crippen LogP contribution in [0, 0.1) is 6.92 Å². The summed E-state index contributed by atoms with van der Waals surface area (Å²) >= 11 is 3.42. The topological polar surface area (TPSA) is 58.6 Å². The molecule has 0 atom stereocenters. The van der Waals surface area contributed by atoms with E-state index in [0.29, 0.717) is 13.2 Å². The van der Waals surface area contributed by atoms with Crippen molar-refractivity contribution in [2.75, 3.05) is 31.7 Å². The number of methoxy groups -OCH3 is 1. The van der Waals surface area contributed by atoms with Crippen LogP contribution in [0.5, 0.6) is 0 Å². The number of hydrogen-bond donors (Lipinski definition) is 1. The lowest BCUT2D eigenvalue weighted by Crippen LogP contribution is -2.40. The Kier molecular flexibility index (Phi) is 7.39. The minimum atomic E-state index is -0.179. The number of nitrogens with one attached hydrogen (secondary N) is 1. The van der Waals surface area contributed by atoms with E-state index in [1.54, 1.807) is 7.11 Å². The van der Waals surface area contributed by atoms with E-state index in [9.17, 15) is 9.59 Å². The van der Waals surface area contributed by atoms with Crippen LogP contribution in [0.1, 0.15) is 18.9 Å². The molecule has 21 heavy (non-hydrogen) atoms. The molecule has 0 aliphatic carbocycles. The standard InChI is InChI=1S/C15H21BrN2O3/c1-11-9-13(5-6-14(11)16)18(12(2)19)10-15(20)17-7-4-8-21-3/h5-6,9H,4,7-8,10H2,1-3H3,(H,17,20). The molecule has 116 valence electrons. The molecule has 0 fully saturated rings. The highest BCUT2D eigenvalue weighted by atomic mass is 79.9. The molecule has 5 nitrogen and oxygen atoms in total. The molecule has 0 aliphatic heterocycles. The number of benzene rings is 1. The Morgan fingerprint density at radius 1 is 1.38 bits per heavy atom. The van der Waals surface area contributed by atoms with Gasteiger partial charge in [-0.1, -0.05) is 15.9 Å².